The van der Waals surface area contributed by atoms with Gasteiger partial charge in [0.05, 0.1) is 19.0 Å². The van der Waals surface area contributed by atoms with Gasteiger partial charge in [0.15, 0.2) is 0 Å². The minimum atomic E-state index is 0.797. The fraction of sp³-hybridized carbons (Fsp3) is 0.231. The summed E-state index contributed by atoms with van der Waals surface area (Å²) in [6.45, 7) is 2.11. The first-order chi connectivity index (χ1) is 7.29. The number of ether oxygens (including phenoxy) is 1. The van der Waals surface area contributed by atoms with Gasteiger partial charge in [-0.25, -0.2) is 0 Å². The molecule has 0 saturated heterocycles. The van der Waals surface area contributed by atoms with E-state index in [0.717, 1.165) is 17.9 Å². The third-order valence-corrected chi connectivity index (χ3v) is 2.49. The molecule has 2 nitrogen and oxygen atoms in total. The van der Waals surface area contributed by atoms with Gasteiger partial charge in [0.2, 0.25) is 0 Å². The quantitative estimate of drug-likeness (QED) is 0.732. The highest BCUT2D eigenvalue weighted by Crippen LogP contribution is 2.25. The van der Waals surface area contributed by atoms with Gasteiger partial charge in [0.25, 0.3) is 0 Å². The third-order valence-electron chi connectivity index (χ3n) is 2.49. The van der Waals surface area contributed by atoms with E-state index in [1.54, 1.807) is 13.3 Å². The Kier molecular flexibility index (Phi) is 2.86. The molecule has 2 rings (SSSR count). The highest BCUT2D eigenvalue weighted by molar-refractivity contribution is 5.68. The summed E-state index contributed by atoms with van der Waals surface area (Å²) in [5, 5.41) is 0. The van der Waals surface area contributed by atoms with Crippen molar-refractivity contribution in [2.24, 2.45) is 0 Å². The Labute approximate surface area is 90.3 Å². The number of rotatable bonds is 2. The van der Waals surface area contributed by atoms with Gasteiger partial charge in [-0.1, -0.05) is 17.7 Å². The van der Waals surface area contributed by atoms with E-state index in [1.807, 2.05) is 12.1 Å². The second kappa shape index (κ2) is 4.30. The van der Waals surface area contributed by atoms with E-state index in [-0.39, 0.29) is 0 Å². The molecule has 0 bridgehead atoms. The minimum Gasteiger partial charge on any atom is -0.495 e. The maximum absolute atomic E-state index is 5.07. The van der Waals surface area contributed by atoms with Gasteiger partial charge in [-0.15, -0.1) is 0 Å². The summed E-state index contributed by atoms with van der Waals surface area (Å²) >= 11 is 0. The predicted octanol–water partition coefficient (Wildman–Crippen LogP) is 3.03. The van der Waals surface area contributed by atoms with Crippen LogP contribution in [0.3, 0.4) is 0 Å². The van der Waals surface area contributed by atoms with Gasteiger partial charge in [0, 0.05) is 0 Å². The largest absolute Gasteiger partial charge is 0.495 e. The van der Waals surface area contributed by atoms with Gasteiger partial charge < -0.3 is 4.74 Å². The molecule has 1 aromatic heterocycles. The van der Waals surface area contributed by atoms with Crippen LogP contribution in [-0.2, 0) is 0 Å². The zero-order chi connectivity index (χ0) is 10.7. The van der Waals surface area contributed by atoms with Gasteiger partial charge in [-0.2, -0.15) is 0 Å². The van der Waals surface area contributed by atoms with Crippen molar-refractivity contribution in [1.82, 2.24) is 4.98 Å². The van der Waals surface area contributed by atoms with E-state index in [2.05, 4.69) is 30.5 Å². The van der Waals surface area contributed by atoms with Crippen LogP contribution < -0.4 is 4.74 Å². The SMILES string of the molecule is COc1ccc(C2=CC=C(C)[CH]C2)nc1. The molecule has 15 heavy (non-hydrogen) atoms. The number of nitrogens with zero attached hydrogens (tertiary/aromatic N) is 1. The molecule has 0 unspecified atom stereocenters. The van der Waals surface area contributed by atoms with Crippen LogP contribution >= 0.6 is 0 Å². The first kappa shape index (κ1) is 9.97. The number of allylic oxidation sites excluding steroid dienone is 4. The standard InChI is InChI=1S/C13H14NO/c1-10-3-5-11(6-4-10)13-8-7-12(15-2)9-14-13/h3-5,7-9H,6H2,1-2H3. The summed E-state index contributed by atoms with van der Waals surface area (Å²) in [4.78, 5) is 4.36. The first-order valence-corrected chi connectivity index (χ1v) is 5.00. The zero-order valence-corrected chi connectivity index (χ0v) is 9.03. The number of aromatic nitrogens is 1. The topological polar surface area (TPSA) is 22.1 Å². The monoisotopic (exact) mass is 200 g/mol. The Morgan fingerprint density at radius 3 is 2.67 bits per heavy atom. The predicted molar refractivity (Wildman–Crippen MR) is 61.4 cm³/mol. The van der Waals surface area contributed by atoms with E-state index in [4.69, 9.17) is 4.74 Å². The van der Waals surface area contributed by atoms with Crippen LogP contribution in [0.25, 0.3) is 5.57 Å². The fourth-order valence-corrected chi connectivity index (χ4v) is 1.52. The van der Waals surface area contributed by atoms with Crippen LogP contribution in [0.15, 0.2) is 36.1 Å². The molecule has 1 heterocycles. The van der Waals surface area contributed by atoms with Crippen molar-refractivity contribution in [2.45, 2.75) is 13.3 Å². The van der Waals surface area contributed by atoms with Crippen LogP contribution in [-0.4, -0.2) is 12.1 Å². The molecule has 1 aliphatic rings. The van der Waals surface area contributed by atoms with E-state index in [1.165, 1.54) is 11.1 Å². The summed E-state index contributed by atoms with van der Waals surface area (Å²) < 4.78 is 5.07. The van der Waals surface area contributed by atoms with Crippen LogP contribution in [0.2, 0.25) is 0 Å². The van der Waals surface area contributed by atoms with Crippen LogP contribution in [0.1, 0.15) is 19.0 Å². The number of pyridine rings is 1. The summed E-state index contributed by atoms with van der Waals surface area (Å²) in [6, 6.07) is 3.93. The number of hydrogen-bond acceptors (Lipinski definition) is 2. The maximum Gasteiger partial charge on any atom is 0.137 e. The average molecular weight is 200 g/mol. The molecule has 0 fully saturated rings. The molecule has 1 radical (unpaired) electrons. The van der Waals surface area contributed by atoms with E-state index in [9.17, 15) is 0 Å². The van der Waals surface area contributed by atoms with Gasteiger partial charge in [0.1, 0.15) is 5.75 Å². The first-order valence-electron chi connectivity index (χ1n) is 5.00. The van der Waals surface area contributed by atoms with Crippen molar-refractivity contribution in [3.05, 3.63) is 48.2 Å². The van der Waals surface area contributed by atoms with Gasteiger partial charge >= 0.3 is 0 Å². The molecular formula is C13H14NO. The summed E-state index contributed by atoms with van der Waals surface area (Å²) in [5.74, 6) is 0.797. The van der Waals surface area contributed by atoms with Crippen LogP contribution in [0, 0.1) is 6.42 Å². The molecule has 77 valence electrons. The third kappa shape index (κ3) is 2.27. The number of hydrogen-bond donors (Lipinski definition) is 0. The summed E-state index contributed by atoms with van der Waals surface area (Å²) in [5.41, 5.74) is 3.59. The van der Waals surface area contributed by atoms with Gasteiger partial charge in [-0.3, -0.25) is 4.98 Å². The van der Waals surface area contributed by atoms with Crippen LogP contribution in [0.5, 0.6) is 5.75 Å². The molecule has 0 saturated carbocycles. The van der Waals surface area contributed by atoms with Crippen molar-refractivity contribution in [3.63, 3.8) is 0 Å². The second-order valence-corrected chi connectivity index (χ2v) is 3.59. The lowest BCUT2D eigenvalue weighted by Gasteiger charge is -2.11. The van der Waals surface area contributed by atoms with E-state index in [0.29, 0.717) is 0 Å². The Balaban J connectivity index is 2.23. The highest BCUT2D eigenvalue weighted by Gasteiger charge is 2.07. The van der Waals surface area contributed by atoms with Crippen molar-refractivity contribution >= 4 is 5.57 Å². The Hall–Kier alpha value is -1.57. The molecule has 1 aromatic rings. The molecular weight excluding hydrogens is 186 g/mol. The maximum atomic E-state index is 5.07. The Bertz CT molecular complexity index is 401. The lowest BCUT2D eigenvalue weighted by atomic mass is 9.97. The lowest BCUT2D eigenvalue weighted by molar-refractivity contribution is 0.413. The van der Waals surface area contributed by atoms with Gasteiger partial charge in [-0.05, 0) is 37.5 Å². The van der Waals surface area contributed by atoms with Crippen molar-refractivity contribution in [3.8, 4) is 5.75 Å². The second-order valence-electron chi connectivity index (χ2n) is 3.59. The molecule has 0 spiro atoms. The average Bonchev–Trinajstić information content (AvgIpc) is 2.30. The van der Waals surface area contributed by atoms with E-state index < -0.39 is 0 Å². The minimum absolute atomic E-state index is 0.797. The van der Waals surface area contributed by atoms with Crippen LogP contribution in [0.4, 0.5) is 0 Å². The highest BCUT2D eigenvalue weighted by atomic mass is 16.5. The zero-order valence-electron chi connectivity index (χ0n) is 9.03. The molecule has 1 aliphatic carbocycles. The Morgan fingerprint density at radius 1 is 1.27 bits per heavy atom. The summed E-state index contributed by atoms with van der Waals surface area (Å²) in [6.07, 6.45) is 9.17. The normalized spacial score (nSPS) is 15.6. The number of methoxy groups -OCH3 is 1. The molecule has 0 aliphatic heterocycles. The molecule has 0 N–H and O–H groups in total. The molecule has 2 heteroatoms. The summed E-state index contributed by atoms with van der Waals surface area (Å²) in [7, 11) is 1.65. The van der Waals surface area contributed by atoms with Crippen molar-refractivity contribution in [1.29, 1.82) is 0 Å². The van der Waals surface area contributed by atoms with Crippen molar-refractivity contribution < 1.29 is 4.74 Å². The van der Waals surface area contributed by atoms with Crippen molar-refractivity contribution in [2.75, 3.05) is 7.11 Å². The molecule has 0 amide bonds. The Morgan fingerprint density at radius 2 is 2.13 bits per heavy atom. The molecule has 0 atom stereocenters. The van der Waals surface area contributed by atoms with E-state index >= 15 is 0 Å². The smallest absolute Gasteiger partial charge is 0.137 e. The molecule has 0 aromatic carbocycles. The lowest BCUT2D eigenvalue weighted by Crippen LogP contribution is -1.95. The fourth-order valence-electron chi connectivity index (χ4n) is 1.52.